The third kappa shape index (κ3) is 1.22. The maximum Gasteiger partial charge on any atom is 0.210 e. The van der Waals surface area contributed by atoms with Gasteiger partial charge >= 0.3 is 0 Å². The van der Waals surface area contributed by atoms with E-state index in [1.807, 2.05) is 12.1 Å². The van der Waals surface area contributed by atoms with E-state index < -0.39 is 5.60 Å². The molecule has 1 fully saturated rings. The lowest BCUT2D eigenvalue weighted by molar-refractivity contribution is 0.0820. The van der Waals surface area contributed by atoms with E-state index in [4.69, 9.17) is 4.74 Å². The molecule has 1 aliphatic heterocycles. The predicted octanol–water partition coefficient (Wildman–Crippen LogP) is 3.09. The van der Waals surface area contributed by atoms with Gasteiger partial charge in [-0.25, -0.2) is 0 Å². The number of ether oxygens (including phenoxy) is 1. The van der Waals surface area contributed by atoms with Gasteiger partial charge in [-0.2, -0.15) is 0 Å². The van der Waals surface area contributed by atoms with Crippen LogP contribution in [0.4, 0.5) is 0 Å². The number of Topliss-reactive ketones (excluding diaryl/α,β-unsaturated/α-hetero) is 1. The van der Waals surface area contributed by atoms with Gasteiger partial charge in [-0.15, -0.1) is 0 Å². The SMILES string of the molecule is CC(C)(C)c1ccc2c(c1)C(=O)C1(CC1)O2. The summed E-state index contributed by atoms with van der Waals surface area (Å²) in [6, 6.07) is 6.01. The van der Waals surface area contributed by atoms with Crippen LogP contribution >= 0.6 is 0 Å². The summed E-state index contributed by atoms with van der Waals surface area (Å²) in [5.41, 5.74) is 1.60. The van der Waals surface area contributed by atoms with E-state index in [2.05, 4.69) is 26.8 Å². The Bertz CT molecular complexity index is 476. The van der Waals surface area contributed by atoms with Gasteiger partial charge in [0.15, 0.2) is 5.60 Å². The number of rotatable bonds is 0. The van der Waals surface area contributed by atoms with Gasteiger partial charge in [0.05, 0.1) is 5.56 Å². The summed E-state index contributed by atoms with van der Waals surface area (Å²) in [6.07, 6.45) is 1.76. The maximum absolute atomic E-state index is 12.1. The molecule has 1 saturated carbocycles. The number of fused-ring (bicyclic) bond motifs is 1. The summed E-state index contributed by atoms with van der Waals surface area (Å²) in [7, 11) is 0. The minimum Gasteiger partial charge on any atom is -0.478 e. The molecule has 0 amide bonds. The van der Waals surface area contributed by atoms with E-state index in [0.717, 1.165) is 24.2 Å². The van der Waals surface area contributed by atoms with E-state index in [9.17, 15) is 4.79 Å². The summed E-state index contributed by atoms with van der Waals surface area (Å²) in [6.45, 7) is 6.46. The lowest BCUT2D eigenvalue weighted by Crippen LogP contribution is -2.21. The van der Waals surface area contributed by atoms with Crippen LogP contribution in [-0.2, 0) is 5.41 Å². The van der Waals surface area contributed by atoms with Gasteiger partial charge in [0.1, 0.15) is 5.75 Å². The van der Waals surface area contributed by atoms with Crippen LogP contribution in [0.2, 0.25) is 0 Å². The van der Waals surface area contributed by atoms with Crippen molar-refractivity contribution in [3.63, 3.8) is 0 Å². The minimum absolute atomic E-state index is 0.0780. The first kappa shape index (κ1) is 9.88. The predicted molar refractivity (Wildman–Crippen MR) is 62.1 cm³/mol. The molecule has 0 saturated heterocycles. The topological polar surface area (TPSA) is 26.3 Å². The Morgan fingerprint density at radius 2 is 1.94 bits per heavy atom. The quantitative estimate of drug-likeness (QED) is 0.666. The molecule has 1 spiro atoms. The molecule has 0 atom stereocenters. The first-order valence-electron chi connectivity index (χ1n) is 5.81. The molecule has 1 aromatic carbocycles. The maximum atomic E-state index is 12.1. The smallest absolute Gasteiger partial charge is 0.210 e. The molecule has 0 bridgehead atoms. The van der Waals surface area contributed by atoms with Crippen LogP contribution < -0.4 is 4.74 Å². The molecule has 2 aliphatic rings. The second kappa shape index (κ2) is 2.68. The summed E-state index contributed by atoms with van der Waals surface area (Å²) in [5.74, 6) is 0.962. The molecule has 1 aliphatic carbocycles. The van der Waals surface area contributed by atoms with Crippen LogP contribution in [0.25, 0.3) is 0 Å². The van der Waals surface area contributed by atoms with Gasteiger partial charge in [-0.05, 0) is 36.0 Å². The van der Waals surface area contributed by atoms with E-state index in [1.165, 1.54) is 5.56 Å². The van der Waals surface area contributed by atoms with Crippen molar-refractivity contribution < 1.29 is 9.53 Å². The minimum atomic E-state index is -0.459. The lowest BCUT2D eigenvalue weighted by atomic mass is 9.85. The Morgan fingerprint density at radius 1 is 1.25 bits per heavy atom. The standard InChI is InChI=1S/C14H16O2/c1-13(2,3)9-4-5-11-10(8-9)12(15)14(16-11)6-7-14/h4-5,8H,6-7H2,1-3H3. The summed E-state index contributed by atoms with van der Waals surface area (Å²) < 4.78 is 5.74. The second-order valence-electron chi connectivity index (χ2n) is 5.89. The summed E-state index contributed by atoms with van der Waals surface area (Å²) >= 11 is 0. The largest absolute Gasteiger partial charge is 0.478 e. The number of hydrogen-bond acceptors (Lipinski definition) is 2. The average Bonchev–Trinajstić information content (AvgIpc) is 2.90. The van der Waals surface area contributed by atoms with Crippen molar-refractivity contribution in [2.75, 3.05) is 0 Å². The molecular weight excluding hydrogens is 200 g/mol. The van der Waals surface area contributed by atoms with Gasteiger partial charge in [-0.1, -0.05) is 26.8 Å². The first-order chi connectivity index (χ1) is 7.42. The van der Waals surface area contributed by atoms with Crippen LogP contribution in [0.15, 0.2) is 18.2 Å². The number of ketones is 1. The Labute approximate surface area is 95.6 Å². The van der Waals surface area contributed by atoms with E-state index in [-0.39, 0.29) is 11.2 Å². The normalized spacial score (nSPS) is 20.8. The number of carbonyl (C=O) groups is 1. The molecular formula is C14H16O2. The highest BCUT2D eigenvalue weighted by Gasteiger charge is 2.57. The number of benzene rings is 1. The van der Waals surface area contributed by atoms with Gasteiger partial charge in [-0.3, -0.25) is 4.79 Å². The average molecular weight is 216 g/mol. The molecule has 0 unspecified atom stereocenters. The van der Waals surface area contributed by atoms with Gasteiger partial charge in [0.25, 0.3) is 0 Å². The molecule has 3 rings (SSSR count). The summed E-state index contributed by atoms with van der Waals surface area (Å²) in [5, 5.41) is 0. The van der Waals surface area contributed by atoms with E-state index >= 15 is 0 Å². The van der Waals surface area contributed by atoms with Crippen LogP contribution in [0, 0.1) is 0 Å². The molecule has 84 valence electrons. The fraction of sp³-hybridized carbons (Fsp3) is 0.500. The van der Waals surface area contributed by atoms with Crippen LogP contribution in [0.1, 0.15) is 49.5 Å². The lowest BCUT2D eigenvalue weighted by Gasteiger charge is -2.19. The van der Waals surface area contributed by atoms with Crippen LogP contribution in [-0.4, -0.2) is 11.4 Å². The van der Waals surface area contributed by atoms with Crippen molar-refractivity contribution in [2.24, 2.45) is 0 Å². The highest BCUT2D eigenvalue weighted by molar-refractivity contribution is 6.09. The molecule has 2 heteroatoms. The monoisotopic (exact) mass is 216 g/mol. The molecule has 0 aromatic heterocycles. The highest BCUT2D eigenvalue weighted by Crippen LogP contribution is 2.50. The summed E-state index contributed by atoms with van der Waals surface area (Å²) in [4.78, 5) is 12.1. The highest BCUT2D eigenvalue weighted by atomic mass is 16.5. The second-order valence-corrected chi connectivity index (χ2v) is 5.89. The van der Waals surface area contributed by atoms with E-state index in [1.54, 1.807) is 0 Å². The zero-order valence-electron chi connectivity index (χ0n) is 9.96. The van der Waals surface area contributed by atoms with Crippen molar-refractivity contribution in [2.45, 2.75) is 44.6 Å². The molecule has 1 aromatic rings. The van der Waals surface area contributed by atoms with Crippen molar-refractivity contribution in [1.29, 1.82) is 0 Å². The van der Waals surface area contributed by atoms with Gasteiger partial charge in [0, 0.05) is 0 Å². The van der Waals surface area contributed by atoms with Crippen molar-refractivity contribution >= 4 is 5.78 Å². The first-order valence-corrected chi connectivity index (χ1v) is 5.81. The van der Waals surface area contributed by atoms with Crippen molar-refractivity contribution in [1.82, 2.24) is 0 Å². The molecule has 0 radical (unpaired) electrons. The Morgan fingerprint density at radius 3 is 2.50 bits per heavy atom. The van der Waals surface area contributed by atoms with E-state index in [0.29, 0.717) is 0 Å². The van der Waals surface area contributed by atoms with Crippen LogP contribution in [0.5, 0.6) is 5.75 Å². The fourth-order valence-corrected chi connectivity index (χ4v) is 2.21. The Balaban J connectivity index is 2.08. The zero-order valence-corrected chi connectivity index (χ0v) is 9.96. The van der Waals surface area contributed by atoms with Crippen LogP contribution in [0.3, 0.4) is 0 Å². The third-order valence-corrected chi connectivity index (χ3v) is 3.51. The Kier molecular flexibility index (Phi) is 1.65. The molecule has 16 heavy (non-hydrogen) atoms. The van der Waals surface area contributed by atoms with Crippen molar-refractivity contribution in [3.8, 4) is 5.75 Å². The number of hydrogen-bond donors (Lipinski definition) is 0. The molecule has 1 heterocycles. The zero-order chi connectivity index (χ0) is 11.6. The Hall–Kier alpha value is -1.31. The van der Waals surface area contributed by atoms with Gasteiger partial charge in [0.2, 0.25) is 5.78 Å². The van der Waals surface area contributed by atoms with Crippen molar-refractivity contribution in [3.05, 3.63) is 29.3 Å². The molecule has 2 nitrogen and oxygen atoms in total. The third-order valence-electron chi connectivity index (χ3n) is 3.51. The van der Waals surface area contributed by atoms with Gasteiger partial charge < -0.3 is 4.74 Å². The molecule has 0 N–H and O–H groups in total. The fourth-order valence-electron chi connectivity index (χ4n) is 2.21. The number of carbonyl (C=O) groups excluding carboxylic acids is 1.